The Kier molecular flexibility index (Phi) is 4.43. The largest absolute Gasteiger partial charge is 0.361 e. The van der Waals surface area contributed by atoms with Crippen molar-refractivity contribution in [3.8, 4) is 16.8 Å². The average Bonchev–Trinajstić information content (AvgIpc) is 3.17. The molecule has 2 nitrogen and oxygen atoms in total. The van der Waals surface area contributed by atoms with Gasteiger partial charge in [-0.2, -0.15) is 0 Å². The van der Waals surface area contributed by atoms with Gasteiger partial charge in [0.05, 0.1) is 5.52 Å². The molecule has 0 radical (unpaired) electrons. The Labute approximate surface area is 187 Å². The van der Waals surface area contributed by atoms with Crippen molar-refractivity contribution in [1.82, 2.24) is 4.57 Å². The van der Waals surface area contributed by atoms with Crippen LogP contribution in [0.25, 0.3) is 45.4 Å². The third kappa shape index (κ3) is 3.04. The molecular weight excluding hydrogens is 388 g/mol. The van der Waals surface area contributed by atoms with Crippen molar-refractivity contribution in [2.75, 3.05) is 5.32 Å². The van der Waals surface area contributed by atoms with E-state index in [2.05, 4.69) is 101 Å². The fraction of sp³-hybridized carbons (Fsp3) is 0.0667. The van der Waals surface area contributed by atoms with Gasteiger partial charge in [0.1, 0.15) is 0 Å². The summed E-state index contributed by atoms with van der Waals surface area (Å²) in [6, 6.07) is 24.1. The molecule has 4 aromatic rings. The van der Waals surface area contributed by atoms with Gasteiger partial charge in [-0.1, -0.05) is 61.2 Å². The maximum absolute atomic E-state index is 4.26. The fourth-order valence-electron chi connectivity index (χ4n) is 4.80. The van der Waals surface area contributed by atoms with Crippen LogP contribution in [-0.4, -0.2) is 4.57 Å². The van der Waals surface area contributed by atoms with Crippen LogP contribution in [0.4, 0.5) is 5.69 Å². The lowest BCUT2D eigenvalue weighted by Crippen LogP contribution is -2.30. The van der Waals surface area contributed by atoms with E-state index in [1.807, 2.05) is 18.4 Å². The van der Waals surface area contributed by atoms with Gasteiger partial charge in [-0.3, -0.25) is 0 Å². The summed E-state index contributed by atoms with van der Waals surface area (Å²) in [6.07, 6.45) is 15.0. The van der Waals surface area contributed by atoms with Gasteiger partial charge in [-0.25, -0.2) is 0 Å². The van der Waals surface area contributed by atoms with E-state index < -0.39 is 0 Å². The Morgan fingerprint density at radius 1 is 0.812 bits per heavy atom. The molecule has 32 heavy (non-hydrogen) atoms. The summed E-state index contributed by atoms with van der Waals surface area (Å²) in [7, 11) is 0. The summed E-state index contributed by atoms with van der Waals surface area (Å²) in [6.45, 7) is 4.26. The number of para-hydroxylation sites is 1. The van der Waals surface area contributed by atoms with Crippen LogP contribution < -0.4 is 15.9 Å². The summed E-state index contributed by atoms with van der Waals surface area (Å²) in [5, 5.41) is 7.33. The Hall–Kier alpha value is -4.04. The zero-order valence-electron chi connectivity index (χ0n) is 17.9. The second-order valence-corrected chi connectivity index (χ2v) is 8.34. The molecule has 0 bridgehead atoms. The Balaban J connectivity index is 1.56. The predicted octanol–water partition coefficient (Wildman–Crippen LogP) is 6.16. The zero-order valence-corrected chi connectivity index (χ0v) is 17.9. The molecule has 0 atom stereocenters. The van der Waals surface area contributed by atoms with E-state index in [1.165, 1.54) is 38.3 Å². The van der Waals surface area contributed by atoms with E-state index in [0.717, 1.165) is 29.7 Å². The van der Waals surface area contributed by atoms with Gasteiger partial charge in [-0.05, 0) is 72.0 Å². The molecule has 0 spiro atoms. The number of anilines is 1. The van der Waals surface area contributed by atoms with E-state index in [-0.39, 0.29) is 0 Å². The summed E-state index contributed by atoms with van der Waals surface area (Å²) < 4.78 is 2.40. The summed E-state index contributed by atoms with van der Waals surface area (Å²) >= 11 is 0. The molecule has 154 valence electrons. The maximum Gasteiger partial charge on any atom is 0.0541 e. The number of aromatic nitrogens is 1. The predicted molar refractivity (Wildman–Crippen MR) is 137 cm³/mol. The Morgan fingerprint density at radius 3 is 2.53 bits per heavy atom. The SMILES string of the molecule is C=C1/C=C\C=C/Nc2ccc(-c3ccc4c(c3)c3c(n4-c4ccccc4)=CCCC=3)cc21. The molecule has 0 unspecified atom stereocenters. The monoisotopic (exact) mass is 412 g/mol. The van der Waals surface area contributed by atoms with Crippen LogP contribution in [0.3, 0.4) is 0 Å². The summed E-state index contributed by atoms with van der Waals surface area (Å²) in [5.74, 6) is 0. The van der Waals surface area contributed by atoms with Gasteiger partial charge in [0, 0.05) is 39.1 Å². The molecule has 2 heterocycles. The number of rotatable bonds is 2. The number of allylic oxidation sites excluding steroid dienone is 4. The van der Waals surface area contributed by atoms with Crippen LogP contribution in [-0.2, 0) is 0 Å². The third-order valence-electron chi connectivity index (χ3n) is 6.35. The first-order valence-electron chi connectivity index (χ1n) is 11.1. The molecule has 1 aliphatic carbocycles. The molecule has 3 aromatic carbocycles. The van der Waals surface area contributed by atoms with Gasteiger partial charge in [0.25, 0.3) is 0 Å². The van der Waals surface area contributed by atoms with Gasteiger partial charge in [0.2, 0.25) is 0 Å². The van der Waals surface area contributed by atoms with E-state index in [0.29, 0.717) is 0 Å². The number of benzene rings is 3. The molecule has 0 saturated heterocycles. The average molecular weight is 413 g/mol. The molecule has 0 saturated carbocycles. The van der Waals surface area contributed by atoms with Gasteiger partial charge < -0.3 is 9.88 Å². The molecular formula is C30H24N2. The van der Waals surface area contributed by atoms with Crippen molar-refractivity contribution in [3.05, 3.63) is 114 Å². The highest BCUT2D eigenvalue weighted by atomic mass is 15.0. The van der Waals surface area contributed by atoms with E-state index in [1.54, 1.807) is 0 Å². The highest BCUT2D eigenvalue weighted by molar-refractivity contribution is 5.90. The molecule has 0 fully saturated rings. The first-order chi connectivity index (χ1) is 15.8. The summed E-state index contributed by atoms with van der Waals surface area (Å²) in [4.78, 5) is 0. The Morgan fingerprint density at radius 2 is 1.62 bits per heavy atom. The molecule has 6 rings (SSSR count). The van der Waals surface area contributed by atoms with Crippen LogP contribution in [0.15, 0.2) is 97.7 Å². The van der Waals surface area contributed by atoms with Crippen molar-refractivity contribution in [2.45, 2.75) is 12.8 Å². The normalized spacial score (nSPS) is 16.6. The van der Waals surface area contributed by atoms with E-state index in [9.17, 15) is 0 Å². The van der Waals surface area contributed by atoms with Gasteiger partial charge in [0.15, 0.2) is 0 Å². The van der Waals surface area contributed by atoms with Crippen LogP contribution in [0.2, 0.25) is 0 Å². The fourth-order valence-corrected chi connectivity index (χ4v) is 4.80. The number of nitrogens with one attached hydrogen (secondary N) is 1. The van der Waals surface area contributed by atoms with Gasteiger partial charge in [-0.15, -0.1) is 0 Å². The van der Waals surface area contributed by atoms with E-state index >= 15 is 0 Å². The summed E-state index contributed by atoms with van der Waals surface area (Å²) in [5.41, 5.74) is 8.11. The zero-order chi connectivity index (χ0) is 21.5. The lowest BCUT2D eigenvalue weighted by Gasteiger charge is -2.14. The minimum absolute atomic E-state index is 1.01. The first kappa shape index (κ1) is 18.7. The maximum atomic E-state index is 4.26. The van der Waals surface area contributed by atoms with Crippen LogP contribution >= 0.6 is 0 Å². The number of hydrogen-bond donors (Lipinski definition) is 1. The second kappa shape index (κ2) is 7.58. The molecule has 1 aliphatic heterocycles. The molecule has 1 N–H and O–H groups in total. The molecule has 2 aliphatic rings. The van der Waals surface area contributed by atoms with Crippen molar-refractivity contribution in [3.63, 3.8) is 0 Å². The smallest absolute Gasteiger partial charge is 0.0541 e. The quantitative estimate of drug-likeness (QED) is 0.417. The van der Waals surface area contributed by atoms with Gasteiger partial charge >= 0.3 is 0 Å². The van der Waals surface area contributed by atoms with Crippen LogP contribution in [0.1, 0.15) is 18.4 Å². The molecule has 1 aromatic heterocycles. The molecule has 0 amide bonds. The first-order valence-corrected chi connectivity index (χ1v) is 11.1. The standard InChI is InChI=1S/C30H24N2/c1-21-9-7-8-18-31-28-16-14-22(19-26(21)28)23-15-17-30-27(20-23)25-12-5-6-13-29(25)32(30)24-10-3-2-4-11-24/h2-4,7-20,31H,1,5-6H2/b9-7-,18-8-. The number of nitrogens with zero attached hydrogens (tertiary/aromatic N) is 1. The minimum atomic E-state index is 1.01. The van der Waals surface area contributed by atoms with Crippen molar-refractivity contribution < 1.29 is 0 Å². The lowest BCUT2D eigenvalue weighted by molar-refractivity contribution is 1.02. The van der Waals surface area contributed by atoms with Crippen molar-refractivity contribution >= 4 is 34.3 Å². The topological polar surface area (TPSA) is 17.0 Å². The van der Waals surface area contributed by atoms with Crippen molar-refractivity contribution in [1.29, 1.82) is 0 Å². The lowest BCUT2D eigenvalue weighted by atomic mass is 9.96. The highest BCUT2D eigenvalue weighted by Gasteiger charge is 2.13. The van der Waals surface area contributed by atoms with Crippen LogP contribution in [0, 0.1) is 0 Å². The Bertz CT molecular complexity index is 1550. The molecule has 2 heteroatoms. The minimum Gasteiger partial charge on any atom is -0.361 e. The number of fused-ring (bicyclic) bond motifs is 4. The second-order valence-electron chi connectivity index (χ2n) is 8.34. The number of hydrogen-bond acceptors (Lipinski definition) is 1. The van der Waals surface area contributed by atoms with Crippen LogP contribution in [0.5, 0.6) is 0 Å². The van der Waals surface area contributed by atoms with E-state index in [4.69, 9.17) is 0 Å². The van der Waals surface area contributed by atoms with Crippen molar-refractivity contribution in [2.24, 2.45) is 0 Å². The highest BCUT2D eigenvalue weighted by Crippen LogP contribution is 2.32. The third-order valence-corrected chi connectivity index (χ3v) is 6.35.